The summed E-state index contributed by atoms with van der Waals surface area (Å²) in [6, 6.07) is 0. The Hall–Kier alpha value is -1.41. The zero-order valence-electron chi connectivity index (χ0n) is 36.8. The van der Waals surface area contributed by atoms with Crippen molar-refractivity contribution in [2.45, 2.75) is 249 Å². The van der Waals surface area contributed by atoms with Crippen LogP contribution in [0.3, 0.4) is 0 Å². The number of aliphatic hydroxyl groups is 5. The van der Waals surface area contributed by atoms with E-state index in [0.29, 0.717) is 12.8 Å². The molecule has 0 aromatic carbocycles. The number of allylic oxidation sites excluding steroid dienone is 2. The van der Waals surface area contributed by atoms with Crippen molar-refractivity contribution in [1.82, 2.24) is 0 Å². The number of ether oxygens (including phenoxy) is 2. The normalized spacial score (nSPS) is 22.4. The maximum atomic E-state index is 12.8. The molecule has 59 heavy (non-hydrogen) atoms. The molecular formula is C45H85O13P. The van der Waals surface area contributed by atoms with Crippen molar-refractivity contribution >= 4 is 19.8 Å². The van der Waals surface area contributed by atoms with Crippen molar-refractivity contribution in [3.8, 4) is 0 Å². The number of carbonyl (C=O) groups is 2. The standard InChI is InChI=1S/C45H85O13P/c1-3-5-7-9-11-13-15-17-18-19-20-22-24-26-28-30-32-34-39(47)57-37(36-56-59(53,54)58-45-43(51)41(49)40(48)42(50)44(45)52)35-55-38(46)33-31-29-27-25-23-21-16-14-12-10-8-6-4-2/h17-18,37,40-45,48-52H,3-16,19-36H2,1-2H3,(H,53,54)/b18-17-. The minimum absolute atomic E-state index is 0.0959. The molecule has 0 aliphatic heterocycles. The molecule has 348 valence electrons. The number of esters is 2. The van der Waals surface area contributed by atoms with Gasteiger partial charge in [-0.3, -0.25) is 18.6 Å². The summed E-state index contributed by atoms with van der Waals surface area (Å²) in [4.78, 5) is 35.7. The van der Waals surface area contributed by atoms with Crippen LogP contribution in [0.5, 0.6) is 0 Å². The van der Waals surface area contributed by atoms with Gasteiger partial charge in [0.1, 0.15) is 43.2 Å². The molecule has 6 atom stereocenters. The second-order valence-electron chi connectivity index (χ2n) is 16.6. The molecule has 1 saturated carbocycles. The van der Waals surface area contributed by atoms with E-state index in [2.05, 4.69) is 26.0 Å². The lowest BCUT2D eigenvalue weighted by Gasteiger charge is -2.41. The highest BCUT2D eigenvalue weighted by molar-refractivity contribution is 7.47. The first kappa shape index (κ1) is 55.6. The van der Waals surface area contributed by atoms with Crippen molar-refractivity contribution in [3.05, 3.63) is 12.2 Å². The van der Waals surface area contributed by atoms with E-state index in [0.717, 1.165) is 51.4 Å². The highest BCUT2D eigenvalue weighted by Crippen LogP contribution is 2.47. The van der Waals surface area contributed by atoms with Crippen LogP contribution >= 0.6 is 7.82 Å². The number of hydrogen-bond acceptors (Lipinski definition) is 12. The van der Waals surface area contributed by atoms with E-state index in [-0.39, 0.29) is 12.8 Å². The van der Waals surface area contributed by atoms with E-state index in [1.165, 1.54) is 116 Å². The van der Waals surface area contributed by atoms with Crippen LogP contribution in [-0.4, -0.2) is 98.3 Å². The van der Waals surface area contributed by atoms with Gasteiger partial charge in [0.25, 0.3) is 0 Å². The van der Waals surface area contributed by atoms with Gasteiger partial charge in [-0.1, -0.05) is 167 Å². The van der Waals surface area contributed by atoms with Crippen molar-refractivity contribution in [2.24, 2.45) is 0 Å². The van der Waals surface area contributed by atoms with Gasteiger partial charge in [0.05, 0.1) is 6.61 Å². The predicted molar refractivity (Wildman–Crippen MR) is 231 cm³/mol. The summed E-state index contributed by atoms with van der Waals surface area (Å²) in [6.07, 6.45) is 24.1. The topological polar surface area (TPSA) is 210 Å². The first-order valence-electron chi connectivity index (χ1n) is 23.5. The molecule has 13 nitrogen and oxygen atoms in total. The molecule has 0 heterocycles. The van der Waals surface area contributed by atoms with Crippen LogP contribution < -0.4 is 0 Å². The van der Waals surface area contributed by atoms with Crippen molar-refractivity contribution in [1.29, 1.82) is 0 Å². The zero-order valence-corrected chi connectivity index (χ0v) is 37.7. The maximum absolute atomic E-state index is 12.8. The minimum atomic E-state index is -5.11. The molecule has 0 amide bonds. The smallest absolute Gasteiger partial charge is 0.462 e. The molecule has 1 rings (SSSR count). The van der Waals surface area contributed by atoms with E-state index in [1.807, 2.05) is 0 Å². The molecule has 1 aliphatic carbocycles. The Labute approximate surface area is 356 Å². The average molecular weight is 865 g/mol. The van der Waals surface area contributed by atoms with Gasteiger partial charge in [-0.25, -0.2) is 4.57 Å². The van der Waals surface area contributed by atoms with Gasteiger partial charge in [-0.2, -0.15) is 0 Å². The maximum Gasteiger partial charge on any atom is 0.472 e. The summed E-state index contributed by atoms with van der Waals surface area (Å²) in [5.41, 5.74) is 0. The van der Waals surface area contributed by atoms with Crippen LogP contribution in [-0.2, 0) is 32.7 Å². The van der Waals surface area contributed by atoms with Crippen LogP contribution in [0.25, 0.3) is 0 Å². The third-order valence-electron chi connectivity index (χ3n) is 11.1. The first-order valence-corrected chi connectivity index (χ1v) is 25.0. The number of hydrogen-bond donors (Lipinski definition) is 6. The minimum Gasteiger partial charge on any atom is -0.462 e. The fourth-order valence-corrected chi connectivity index (χ4v) is 8.26. The summed E-state index contributed by atoms with van der Waals surface area (Å²) in [6.45, 7) is 3.30. The Kier molecular flexibility index (Phi) is 34.0. The largest absolute Gasteiger partial charge is 0.472 e. The van der Waals surface area contributed by atoms with Gasteiger partial charge in [0.2, 0.25) is 0 Å². The van der Waals surface area contributed by atoms with Crippen LogP contribution in [0.4, 0.5) is 0 Å². The predicted octanol–water partition coefficient (Wildman–Crippen LogP) is 9.06. The Balaban J connectivity index is 2.44. The lowest BCUT2D eigenvalue weighted by molar-refractivity contribution is -0.220. The monoisotopic (exact) mass is 865 g/mol. The van der Waals surface area contributed by atoms with E-state index < -0.39 is 75.7 Å². The third-order valence-corrected chi connectivity index (χ3v) is 12.1. The molecule has 1 fully saturated rings. The summed E-state index contributed by atoms with van der Waals surface area (Å²) < 4.78 is 33.5. The number of phosphoric acid groups is 1. The van der Waals surface area contributed by atoms with E-state index in [9.17, 15) is 44.6 Å². The van der Waals surface area contributed by atoms with Crippen LogP contribution in [0.15, 0.2) is 12.2 Å². The molecule has 0 radical (unpaired) electrons. The van der Waals surface area contributed by atoms with E-state index >= 15 is 0 Å². The second kappa shape index (κ2) is 36.1. The first-order chi connectivity index (χ1) is 28.4. The van der Waals surface area contributed by atoms with E-state index in [1.54, 1.807) is 0 Å². The Morgan fingerprint density at radius 2 is 0.864 bits per heavy atom. The molecule has 0 spiro atoms. The Bertz CT molecular complexity index is 1090. The molecule has 6 N–H and O–H groups in total. The molecule has 0 saturated heterocycles. The molecule has 14 heteroatoms. The van der Waals surface area contributed by atoms with Gasteiger partial charge >= 0.3 is 19.8 Å². The van der Waals surface area contributed by atoms with Crippen LogP contribution in [0.1, 0.15) is 206 Å². The fraction of sp³-hybridized carbons (Fsp3) is 0.911. The summed E-state index contributed by atoms with van der Waals surface area (Å²) in [5, 5.41) is 50.1. The molecule has 0 aromatic heterocycles. The molecule has 6 unspecified atom stereocenters. The summed E-state index contributed by atoms with van der Waals surface area (Å²) in [7, 11) is -5.11. The van der Waals surface area contributed by atoms with Crippen molar-refractivity contribution in [3.63, 3.8) is 0 Å². The average Bonchev–Trinajstić information content (AvgIpc) is 3.21. The SMILES string of the molecule is CCCCCCCC/C=C\CCCCCCCCCC(=O)OC(COC(=O)CCCCCCCCCCCCCCC)COP(=O)(O)OC1C(O)C(O)C(O)C(O)C1O. The van der Waals surface area contributed by atoms with Gasteiger partial charge in [0.15, 0.2) is 6.10 Å². The quantitative estimate of drug-likeness (QED) is 0.0148. The third kappa shape index (κ3) is 28.7. The number of rotatable bonds is 39. The molecular weight excluding hydrogens is 779 g/mol. The van der Waals surface area contributed by atoms with E-state index in [4.69, 9.17) is 18.5 Å². The highest BCUT2D eigenvalue weighted by atomic mass is 31.2. The van der Waals surface area contributed by atoms with Crippen LogP contribution in [0.2, 0.25) is 0 Å². The Morgan fingerprint density at radius 3 is 1.29 bits per heavy atom. The van der Waals surface area contributed by atoms with Crippen molar-refractivity contribution < 1.29 is 63.1 Å². The highest BCUT2D eigenvalue weighted by Gasteiger charge is 2.51. The molecule has 0 bridgehead atoms. The molecule has 0 aromatic rings. The number of unbranched alkanes of at least 4 members (excludes halogenated alkanes) is 25. The lowest BCUT2D eigenvalue weighted by Crippen LogP contribution is -2.64. The van der Waals surface area contributed by atoms with Gasteiger partial charge in [-0.15, -0.1) is 0 Å². The second-order valence-corrected chi connectivity index (χ2v) is 18.0. The Morgan fingerprint density at radius 1 is 0.508 bits per heavy atom. The van der Waals surface area contributed by atoms with Gasteiger partial charge in [0, 0.05) is 12.8 Å². The van der Waals surface area contributed by atoms with Crippen molar-refractivity contribution in [2.75, 3.05) is 13.2 Å². The zero-order chi connectivity index (χ0) is 43.6. The van der Waals surface area contributed by atoms with Gasteiger partial charge < -0.3 is 39.9 Å². The fourth-order valence-electron chi connectivity index (χ4n) is 7.28. The molecule has 1 aliphatic rings. The number of phosphoric ester groups is 1. The summed E-state index contributed by atoms with van der Waals surface area (Å²) >= 11 is 0. The number of aliphatic hydroxyl groups excluding tert-OH is 5. The summed E-state index contributed by atoms with van der Waals surface area (Å²) in [5.74, 6) is -1.09. The number of carbonyl (C=O) groups excluding carboxylic acids is 2. The van der Waals surface area contributed by atoms with Gasteiger partial charge in [-0.05, 0) is 38.5 Å². The lowest BCUT2D eigenvalue weighted by atomic mass is 9.85. The van der Waals surface area contributed by atoms with Crippen LogP contribution in [0, 0.1) is 0 Å².